The Morgan fingerprint density at radius 3 is 2.15 bits per heavy atom. The Labute approximate surface area is 116 Å². The van der Waals surface area contributed by atoms with Crippen LogP contribution in [0.4, 0.5) is 13.2 Å². The zero-order chi connectivity index (χ0) is 14.8. The van der Waals surface area contributed by atoms with Crippen LogP contribution in [0.5, 0.6) is 0 Å². The van der Waals surface area contributed by atoms with Crippen molar-refractivity contribution in [2.75, 3.05) is 13.1 Å². The van der Waals surface area contributed by atoms with Crippen molar-refractivity contribution in [2.24, 2.45) is 0 Å². The lowest BCUT2D eigenvalue weighted by Gasteiger charge is -2.42. The zero-order valence-corrected chi connectivity index (χ0v) is 11.4. The molecule has 0 saturated carbocycles. The van der Waals surface area contributed by atoms with Gasteiger partial charge in [-0.2, -0.15) is 13.2 Å². The van der Waals surface area contributed by atoms with Crippen LogP contribution in [0.3, 0.4) is 0 Å². The minimum absolute atomic E-state index is 0.0289. The Bertz CT molecular complexity index is 466. The predicted molar refractivity (Wildman–Crippen MR) is 70.3 cm³/mol. The summed E-state index contributed by atoms with van der Waals surface area (Å²) in [6, 6.07) is 7.56. The molecule has 0 aliphatic carbocycles. The second kappa shape index (κ2) is 5.56. The molecule has 20 heavy (non-hydrogen) atoms. The zero-order valence-electron chi connectivity index (χ0n) is 11.4. The maximum Gasteiger partial charge on any atom is 0.418 e. The lowest BCUT2D eigenvalue weighted by atomic mass is 9.82. The van der Waals surface area contributed by atoms with Gasteiger partial charge >= 0.3 is 6.18 Å². The largest absolute Gasteiger partial charge is 0.418 e. The van der Waals surface area contributed by atoms with E-state index in [9.17, 15) is 18.0 Å². The molecule has 1 atom stereocenters. The van der Waals surface area contributed by atoms with Gasteiger partial charge in [0, 0.05) is 6.42 Å². The SMILES string of the molecule is CCC(=O)C(c1ccccc1)(N1CCCC1)C(F)(F)F. The van der Waals surface area contributed by atoms with Crippen LogP contribution in [-0.4, -0.2) is 29.9 Å². The molecule has 0 N–H and O–H groups in total. The first-order valence-electron chi connectivity index (χ1n) is 6.85. The normalized spacial score (nSPS) is 19.8. The van der Waals surface area contributed by atoms with Gasteiger partial charge in [0.15, 0.2) is 5.78 Å². The Morgan fingerprint density at radius 2 is 1.70 bits per heavy atom. The molecule has 1 aliphatic rings. The molecule has 1 heterocycles. The number of rotatable bonds is 4. The molecule has 2 nitrogen and oxygen atoms in total. The van der Waals surface area contributed by atoms with Crippen LogP contribution in [0.15, 0.2) is 30.3 Å². The highest BCUT2D eigenvalue weighted by Crippen LogP contribution is 2.46. The fourth-order valence-corrected chi connectivity index (χ4v) is 3.01. The monoisotopic (exact) mass is 285 g/mol. The maximum absolute atomic E-state index is 13.9. The molecular formula is C15H18F3NO. The smallest absolute Gasteiger partial charge is 0.297 e. The molecular weight excluding hydrogens is 267 g/mol. The number of Topliss-reactive ketones (excluding diaryl/α,β-unsaturated/α-hetero) is 1. The van der Waals surface area contributed by atoms with Crippen LogP contribution < -0.4 is 0 Å². The number of nitrogens with zero attached hydrogens (tertiary/aromatic N) is 1. The van der Waals surface area contributed by atoms with E-state index in [2.05, 4.69) is 0 Å². The van der Waals surface area contributed by atoms with Gasteiger partial charge in [-0.15, -0.1) is 0 Å². The van der Waals surface area contributed by atoms with Gasteiger partial charge in [0.05, 0.1) is 0 Å². The number of carbonyl (C=O) groups excluding carboxylic acids is 1. The molecule has 0 amide bonds. The van der Waals surface area contributed by atoms with Crippen molar-refractivity contribution in [1.29, 1.82) is 0 Å². The third kappa shape index (κ3) is 2.24. The molecule has 1 unspecified atom stereocenters. The van der Waals surface area contributed by atoms with Gasteiger partial charge in [0.2, 0.25) is 5.54 Å². The highest BCUT2D eigenvalue weighted by Gasteiger charge is 2.64. The summed E-state index contributed by atoms with van der Waals surface area (Å²) in [6.45, 7) is 2.10. The van der Waals surface area contributed by atoms with Gasteiger partial charge in [-0.05, 0) is 31.5 Å². The molecule has 0 radical (unpaired) electrons. The molecule has 2 rings (SSSR count). The molecule has 1 aromatic rings. The van der Waals surface area contributed by atoms with Crippen molar-refractivity contribution < 1.29 is 18.0 Å². The molecule has 1 fully saturated rings. The highest BCUT2D eigenvalue weighted by atomic mass is 19.4. The maximum atomic E-state index is 13.9. The van der Waals surface area contributed by atoms with Crippen molar-refractivity contribution in [3.05, 3.63) is 35.9 Å². The summed E-state index contributed by atoms with van der Waals surface area (Å²) in [5.41, 5.74) is -2.46. The average Bonchev–Trinajstić information content (AvgIpc) is 2.93. The van der Waals surface area contributed by atoms with E-state index in [0.29, 0.717) is 25.9 Å². The van der Waals surface area contributed by atoms with Crippen LogP contribution in [-0.2, 0) is 10.3 Å². The first-order valence-corrected chi connectivity index (χ1v) is 6.85. The molecule has 1 aliphatic heterocycles. The van der Waals surface area contributed by atoms with Gasteiger partial charge in [0.1, 0.15) is 0 Å². The fourth-order valence-electron chi connectivity index (χ4n) is 3.01. The number of carbonyl (C=O) groups is 1. The van der Waals surface area contributed by atoms with Crippen LogP contribution in [0.2, 0.25) is 0 Å². The number of hydrogen-bond donors (Lipinski definition) is 0. The minimum atomic E-state index is -4.62. The first-order chi connectivity index (χ1) is 9.44. The van der Waals surface area contributed by atoms with Gasteiger partial charge in [-0.3, -0.25) is 9.69 Å². The van der Waals surface area contributed by atoms with Crippen LogP contribution in [0.25, 0.3) is 0 Å². The lowest BCUT2D eigenvalue weighted by molar-refractivity contribution is -0.230. The number of ketones is 1. The minimum Gasteiger partial charge on any atom is -0.297 e. The first kappa shape index (κ1) is 15.0. The van der Waals surface area contributed by atoms with E-state index in [0.717, 1.165) is 0 Å². The van der Waals surface area contributed by atoms with Crippen LogP contribution in [0.1, 0.15) is 31.7 Å². The quantitative estimate of drug-likeness (QED) is 0.843. The number of halogens is 3. The Kier molecular flexibility index (Phi) is 4.18. The van der Waals surface area contributed by atoms with E-state index in [1.807, 2.05) is 0 Å². The third-order valence-corrected chi connectivity index (χ3v) is 3.91. The van der Waals surface area contributed by atoms with Crippen molar-refractivity contribution in [2.45, 2.75) is 37.9 Å². The van der Waals surface area contributed by atoms with Gasteiger partial charge in [0.25, 0.3) is 0 Å². The summed E-state index contributed by atoms with van der Waals surface area (Å²) >= 11 is 0. The topological polar surface area (TPSA) is 20.3 Å². The number of hydrogen-bond acceptors (Lipinski definition) is 2. The van der Waals surface area contributed by atoms with Crippen molar-refractivity contribution in [3.63, 3.8) is 0 Å². The molecule has 0 aromatic heterocycles. The van der Waals surface area contributed by atoms with Gasteiger partial charge < -0.3 is 0 Å². The van der Waals surface area contributed by atoms with Crippen molar-refractivity contribution >= 4 is 5.78 Å². The second-order valence-electron chi connectivity index (χ2n) is 5.05. The summed E-state index contributed by atoms with van der Waals surface area (Å²) in [5.74, 6) is -0.780. The highest BCUT2D eigenvalue weighted by molar-refractivity contribution is 5.90. The van der Waals surface area contributed by atoms with E-state index in [1.54, 1.807) is 18.2 Å². The van der Waals surface area contributed by atoms with Gasteiger partial charge in [-0.25, -0.2) is 0 Å². The van der Waals surface area contributed by atoms with Crippen molar-refractivity contribution in [3.8, 4) is 0 Å². The van der Waals surface area contributed by atoms with E-state index < -0.39 is 17.5 Å². The van der Waals surface area contributed by atoms with Crippen LogP contribution in [0, 0.1) is 0 Å². The molecule has 0 bridgehead atoms. The standard InChI is InChI=1S/C15H18F3NO/c1-2-13(20)14(15(16,17)18,19-10-6-7-11-19)12-8-4-3-5-9-12/h3-5,8-9H,2,6-7,10-11H2,1H3. The van der Waals surface area contributed by atoms with Crippen LogP contribution >= 0.6 is 0 Å². The molecule has 1 aromatic carbocycles. The summed E-state index contributed by atoms with van der Waals surface area (Å²) < 4.78 is 41.7. The fraction of sp³-hybridized carbons (Fsp3) is 0.533. The third-order valence-electron chi connectivity index (χ3n) is 3.91. The van der Waals surface area contributed by atoms with E-state index >= 15 is 0 Å². The Hall–Kier alpha value is -1.36. The predicted octanol–water partition coefficient (Wildman–Crippen LogP) is 3.52. The summed E-state index contributed by atoms with van der Waals surface area (Å²) in [4.78, 5) is 13.6. The number of likely N-dealkylation sites (tertiary alicyclic amines) is 1. The molecule has 0 spiro atoms. The molecule has 5 heteroatoms. The molecule has 1 saturated heterocycles. The Morgan fingerprint density at radius 1 is 1.15 bits per heavy atom. The summed E-state index contributed by atoms with van der Waals surface area (Å²) in [5, 5.41) is 0. The van der Waals surface area contributed by atoms with E-state index in [-0.39, 0.29) is 12.0 Å². The van der Waals surface area contributed by atoms with E-state index in [1.165, 1.54) is 24.0 Å². The summed E-state index contributed by atoms with van der Waals surface area (Å²) in [6.07, 6.45) is -3.36. The van der Waals surface area contributed by atoms with Crippen molar-refractivity contribution in [1.82, 2.24) is 4.90 Å². The number of benzene rings is 1. The number of alkyl halides is 3. The lowest BCUT2D eigenvalue weighted by Crippen LogP contribution is -2.60. The Balaban J connectivity index is 2.64. The van der Waals surface area contributed by atoms with Gasteiger partial charge in [-0.1, -0.05) is 37.3 Å². The second-order valence-corrected chi connectivity index (χ2v) is 5.05. The van der Waals surface area contributed by atoms with E-state index in [4.69, 9.17) is 0 Å². The molecule has 110 valence electrons. The summed E-state index contributed by atoms with van der Waals surface area (Å²) in [7, 11) is 0. The average molecular weight is 285 g/mol.